The number of fused-ring (bicyclic) bond motifs is 1. The second kappa shape index (κ2) is 8.89. The van der Waals surface area contributed by atoms with Gasteiger partial charge in [0, 0.05) is 17.5 Å². The number of benzene rings is 2. The minimum atomic E-state index is -0.151. The summed E-state index contributed by atoms with van der Waals surface area (Å²) in [5.74, 6) is 0.777. The highest BCUT2D eigenvalue weighted by atomic mass is 16.2. The molecule has 0 saturated heterocycles. The van der Waals surface area contributed by atoms with E-state index in [0.717, 1.165) is 37.2 Å². The van der Waals surface area contributed by atoms with Gasteiger partial charge in [-0.05, 0) is 56.1 Å². The molecule has 5 nitrogen and oxygen atoms in total. The summed E-state index contributed by atoms with van der Waals surface area (Å²) in [6.07, 6.45) is 7.90. The molecule has 5 rings (SSSR count). The topological polar surface area (TPSA) is 55.2 Å². The Labute approximate surface area is 189 Å². The molecule has 2 aromatic carbocycles. The fraction of sp³-hybridized carbons (Fsp3) is 0.444. The van der Waals surface area contributed by atoms with E-state index < -0.39 is 0 Å². The normalized spacial score (nSPS) is 20.9. The van der Waals surface area contributed by atoms with Gasteiger partial charge in [0.2, 0.25) is 0 Å². The van der Waals surface area contributed by atoms with E-state index in [2.05, 4.69) is 16.9 Å². The fourth-order valence-electron chi connectivity index (χ4n) is 5.19. The molecule has 0 spiro atoms. The van der Waals surface area contributed by atoms with Gasteiger partial charge in [-0.15, -0.1) is 0 Å². The summed E-state index contributed by atoms with van der Waals surface area (Å²) in [5.41, 5.74) is 1.26. The molecular formula is C27H31N3O2. The van der Waals surface area contributed by atoms with Gasteiger partial charge in [-0.1, -0.05) is 61.9 Å². The van der Waals surface area contributed by atoms with Gasteiger partial charge in [-0.2, -0.15) is 5.10 Å². The standard InChI is InChI=1S/C27H31N3O2/c1-2-19-12-14-21(15-13-19)30(22-16-17-22)27(32)25-23-10-6-7-11-24(23)26(31)29(28-25)18-20-8-4-3-5-9-20/h3-11,19,21-22H,2,12-18H2,1H3. The molecule has 1 amide bonds. The van der Waals surface area contributed by atoms with Crippen molar-refractivity contribution in [3.8, 4) is 0 Å². The minimum absolute atomic E-state index is 0.00883. The third kappa shape index (κ3) is 4.08. The van der Waals surface area contributed by atoms with Crippen LogP contribution in [0.4, 0.5) is 0 Å². The Hall–Kier alpha value is -2.95. The third-order valence-corrected chi connectivity index (χ3v) is 7.21. The predicted octanol–water partition coefficient (Wildman–Crippen LogP) is 5.02. The summed E-state index contributed by atoms with van der Waals surface area (Å²) in [4.78, 5) is 29.2. The van der Waals surface area contributed by atoms with Crippen LogP contribution in [0.15, 0.2) is 59.4 Å². The molecule has 2 saturated carbocycles. The highest BCUT2D eigenvalue weighted by Crippen LogP contribution is 2.37. The Morgan fingerprint density at radius 2 is 1.50 bits per heavy atom. The summed E-state index contributed by atoms with van der Waals surface area (Å²) < 4.78 is 1.46. The molecular weight excluding hydrogens is 398 g/mol. The van der Waals surface area contributed by atoms with Gasteiger partial charge in [0.25, 0.3) is 11.5 Å². The first-order chi connectivity index (χ1) is 15.7. The fourth-order valence-corrected chi connectivity index (χ4v) is 5.19. The first-order valence-electron chi connectivity index (χ1n) is 12.0. The second-order valence-corrected chi connectivity index (χ2v) is 9.37. The van der Waals surface area contributed by atoms with E-state index in [9.17, 15) is 9.59 Å². The summed E-state index contributed by atoms with van der Waals surface area (Å²) in [7, 11) is 0. The van der Waals surface area contributed by atoms with Gasteiger partial charge < -0.3 is 4.90 Å². The molecule has 0 N–H and O–H groups in total. The molecule has 5 heteroatoms. The average Bonchev–Trinajstić information content (AvgIpc) is 3.67. The number of carbonyl (C=O) groups excluding carboxylic acids is 1. The number of aromatic nitrogens is 2. The van der Waals surface area contributed by atoms with Gasteiger partial charge in [0.05, 0.1) is 11.9 Å². The van der Waals surface area contributed by atoms with Crippen LogP contribution in [-0.4, -0.2) is 32.7 Å². The molecule has 166 valence electrons. The molecule has 2 aliphatic carbocycles. The zero-order valence-corrected chi connectivity index (χ0v) is 18.7. The molecule has 0 atom stereocenters. The van der Waals surface area contributed by atoms with Crippen molar-refractivity contribution in [1.29, 1.82) is 0 Å². The van der Waals surface area contributed by atoms with Crippen LogP contribution in [-0.2, 0) is 6.54 Å². The number of rotatable bonds is 6. The molecule has 1 aromatic heterocycles. The van der Waals surface area contributed by atoms with Crippen LogP contribution in [0.2, 0.25) is 0 Å². The molecule has 1 heterocycles. The number of amides is 1. The summed E-state index contributed by atoms with van der Waals surface area (Å²) in [6.45, 7) is 2.62. The molecule has 3 aromatic rings. The van der Waals surface area contributed by atoms with Crippen LogP contribution in [0.25, 0.3) is 10.8 Å². The van der Waals surface area contributed by atoms with E-state index in [4.69, 9.17) is 0 Å². The Bertz CT molecular complexity index is 1160. The van der Waals surface area contributed by atoms with E-state index >= 15 is 0 Å². The summed E-state index contributed by atoms with van der Waals surface area (Å²) in [5, 5.41) is 5.89. The highest BCUT2D eigenvalue weighted by Gasteiger charge is 2.40. The maximum absolute atomic E-state index is 14.0. The third-order valence-electron chi connectivity index (χ3n) is 7.21. The van der Waals surface area contributed by atoms with Crippen molar-refractivity contribution in [3.63, 3.8) is 0 Å². The first kappa shape index (κ1) is 20.9. The molecule has 0 unspecified atom stereocenters. The van der Waals surface area contributed by atoms with Crippen molar-refractivity contribution in [2.75, 3.05) is 0 Å². The van der Waals surface area contributed by atoms with E-state index in [-0.39, 0.29) is 17.5 Å². The quantitative estimate of drug-likeness (QED) is 0.553. The number of carbonyl (C=O) groups is 1. The summed E-state index contributed by atoms with van der Waals surface area (Å²) in [6, 6.07) is 17.8. The lowest BCUT2D eigenvalue weighted by Gasteiger charge is -2.37. The monoisotopic (exact) mass is 429 g/mol. The zero-order valence-electron chi connectivity index (χ0n) is 18.7. The van der Waals surface area contributed by atoms with Gasteiger partial charge in [-0.25, -0.2) is 4.68 Å². The zero-order chi connectivity index (χ0) is 22.1. The lowest BCUT2D eigenvalue weighted by atomic mass is 9.83. The average molecular weight is 430 g/mol. The van der Waals surface area contributed by atoms with Crippen LogP contribution in [0.1, 0.15) is 67.9 Å². The summed E-state index contributed by atoms with van der Waals surface area (Å²) >= 11 is 0. The SMILES string of the molecule is CCC1CCC(N(C(=O)c2nn(Cc3ccccc3)c(=O)c3ccccc23)C2CC2)CC1. The van der Waals surface area contributed by atoms with Crippen molar-refractivity contribution in [2.24, 2.45) is 5.92 Å². The largest absolute Gasteiger partial charge is 0.331 e. The molecule has 0 radical (unpaired) electrons. The molecule has 2 fully saturated rings. The van der Waals surface area contributed by atoms with Crippen LogP contribution in [0.3, 0.4) is 0 Å². The Morgan fingerprint density at radius 1 is 0.906 bits per heavy atom. The molecule has 32 heavy (non-hydrogen) atoms. The second-order valence-electron chi connectivity index (χ2n) is 9.37. The van der Waals surface area contributed by atoms with Crippen LogP contribution >= 0.6 is 0 Å². The van der Waals surface area contributed by atoms with Gasteiger partial charge in [0.15, 0.2) is 5.69 Å². The van der Waals surface area contributed by atoms with Gasteiger partial charge in [-0.3, -0.25) is 9.59 Å². The Morgan fingerprint density at radius 3 is 2.12 bits per heavy atom. The lowest BCUT2D eigenvalue weighted by molar-refractivity contribution is 0.0581. The van der Waals surface area contributed by atoms with Crippen molar-refractivity contribution in [3.05, 3.63) is 76.2 Å². The maximum Gasteiger partial charge on any atom is 0.275 e. The molecule has 0 bridgehead atoms. The first-order valence-corrected chi connectivity index (χ1v) is 12.0. The number of hydrogen-bond acceptors (Lipinski definition) is 3. The Balaban J connectivity index is 1.54. The maximum atomic E-state index is 14.0. The van der Waals surface area contributed by atoms with Crippen molar-refractivity contribution in [1.82, 2.24) is 14.7 Å². The van der Waals surface area contributed by atoms with Crippen molar-refractivity contribution >= 4 is 16.7 Å². The molecule has 2 aliphatic rings. The van der Waals surface area contributed by atoms with Gasteiger partial charge >= 0.3 is 0 Å². The van der Waals surface area contributed by atoms with Gasteiger partial charge in [0.1, 0.15) is 0 Å². The number of hydrogen-bond donors (Lipinski definition) is 0. The van der Waals surface area contributed by atoms with E-state index in [0.29, 0.717) is 29.1 Å². The Kier molecular flexibility index (Phi) is 5.81. The molecule has 0 aliphatic heterocycles. The minimum Gasteiger partial charge on any atom is -0.331 e. The highest BCUT2D eigenvalue weighted by molar-refractivity contribution is 6.05. The number of nitrogens with zero attached hydrogens (tertiary/aromatic N) is 3. The van der Waals surface area contributed by atoms with Crippen LogP contribution in [0, 0.1) is 5.92 Å². The van der Waals surface area contributed by atoms with E-state index in [1.807, 2.05) is 54.6 Å². The smallest absolute Gasteiger partial charge is 0.275 e. The van der Waals surface area contributed by atoms with E-state index in [1.54, 1.807) is 0 Å². The van der Waals surface area contributed by atoms with Crippen molar-refractivity contribution < 1.29 is 4.79 Å². The van der Waals surface area contributed by atoms with Crippen LogP contribution in [0.5, 0.6) is 0 Å². The predicted molar refractivity (Wildman–Crippen MR) is 127 cm³/mol. The lowest BCUT2D eigenvalue weighted by Crippen LogP contribution is -2.45. The van der Waals surface area contributed by atoms with E-state index in [1.165, 1.54) is 23.9 Å². The van der Waals surface area contributed by atoms with Crippen molar-refractivity contribution in [2.45, 2.75) is 70.5 Å². The van der Waals surface area contributed by atoms with Crippen LogP contribution < -0.4 is 5.56 Å².